The summed E-state index contributed by atoms with van der Waals surface area (Å²) in [5.41, 5.74) is 5.75. The number of hydrogen-bond donors (Lipinski definition) is 4. The van der Waals surface area contributed by atoms with Crippen molar-refractivity contribution < 1.29 is 29.7 Å². The SMILES string of the molecule is CO.O=C(O)C1CN(Cc2ccc(C#Cc3ccccc3)cc2)C1.O=C(O)C1CNC1.O=Cc1ccc(C#Cc2ccccc2)cc1. The third-order valence-corrected chi connectivity index (χ3v) is 7.09. The zero-order chi connectivity index (χ0) is 33.9. The number of carbonyl (C=O) groups excluding carboxylic acids is 1. The minimum atomic E-state index is -0.692. The third kappa shape index (κ3) is 12.8. The second-order valence-corrected chi connectivity index (χ2v) is 10.6. The van der Waals surface area contributed by atoms with Crippen LogP contribution in [0.3, 0.4) is 0 Å². The van der Waals surface area contributed by atoms with Gasteiger partial charge in [0.15, 0.2) is 0 Å². The van der Waals surface area contributed by atoms with Gasteiger partial charge in [0.05, 0.1) is 11.8 Å². The highest BCUT2D eigenvalue weighted by molar-refractivity contribution is 5.75. The van der Waals surface area contributed by atoms with Crippen molar-refractivity contribution in [1.29, 1.82) is 0 Å². The minimum absolute atomic E-state index is 0.111. The van der Waals surface area contributed by atoms with E-state index in [4.69, 9.17) is 15.3 Å². The molecular weight excluding hydrogens is 592 g/mol. The fourth-order valence-electron chi connectivity index (χ4n) is 4.25. The van der Waals surface area contributed by atoms with Crippen molar-refractivity contribution >= 4 is 18.2 Å². The van der Waals surface area contributed by atoms with Gasteiger partial charge in [-0.25, -0.2) is 0 Å². The molecule has 0 aromatic heterocycles. The quantitative estimate of drug-likeness (QED) is 0.189. The van der Waals surface area contributed by atoms with E-state index < -0.39 is 11.9 Å². The van der Waals surface area contributed by atoms with Crippen LogP contribution in [0, 0.1) is 35.5 Å². The summed E-state index contributed by atoms with van der Waals surface area (Å²) in [6.07, 6.45) is 0.828. The molecule has 4 aromatic rings. The fourth-order valence-corrected chi connectivity index (χ4v) is 4.25. The molecule has 4 N–H and O–H groups in total. The van der Waals surface area contributed by atoms with Crippen molar-refractivity contribution in [2.24, 2.45) is 11.8 Å². The number of aliphatic carboxylic acids is 2. The molecule has 2 saturated heterocycles. The molecule has 6 rings (SSSR count). The molecule has 2 heterocycles. The van der Waals surface area contributed by atoms with Crippen LogP contribution >= 0.6 is 0 Å². The first-order valence-electron chi connectivity index (χ1n) is 15.0. The molecule has 4 aromatic carbocycles. The van der Waals surface area contributed by atoms with Crippen LogP contribution in [0.5, 0.6) is 0 Å². The molecule has 0 saturated carbocycles. The summed E-state index contributed by atoms with van der Waals surface area (Å²) in [5, 5.41) is 26.9. The van der Waals surface area contributed by atoms with E-state index in [1.54, 1.807) is 12.1 Å². The maximum atomic E-state index is 10.8. The Hall–Kier alpha value is -5.51. The van der Waals surface area contributed by atoms with Gasteiger partial charge in [-0.05, 0) is 54.1 Å². The van der Waals surface area contributed by atoms with Gasteiger partial charge in [-0.1, -0.05) is 84.3 Å². The Balaban J connectivity index is 0.000000209. The number of hydrogen-bond acceptors (Lipinski definition) is 6. The molecule has 0 unspecified atom stereocenters. The summed E-state index contributed by atoms with van der Waals surface area (Å²) in [4.78, 5) is 33.3. The average Bonchev–Trinajstić information content (AvgIpc) is 3.06. The number of carboxylic acid groups (broad SMARTS) is 2. The molecule has 0 bridgehead atoms. The highest BCUT2D eigenvalue weighted by Gasteiger charge is 2.32. The Kier molecular flexibility index (Phi) is 15.1. The number of aldehydes is 1. The zero-order valence-corrected chi connectivity index (χ0v) is 26.2. The van der Waals surface area contributed by atoms with Crippen LogP contribution in [0.25, 0.3) is 0 Å². The van der Waals surface area contributed by atoms with Gasteiger partial charge in [-0.3, -0.25) is 19.3 Å². The number of aliphatic hydroxyl groups excluding tert-OH is 1. The maximum absolute atomic E-state index is 10.8. The van der Waals surface area contributed by atoms with Crippen LogP contribution in [0.15, 0.2) is 109 Å². The Morgan fingerprint density at radius 3 is 1.40 bits per heavy atom. The lowest BCUT2D eigenvalue weighted by atomic mass is 9.99. The first kappa shape index (κ1) is 36.0. The Morgan fingerprint density at radius 2 is 1.06 bits per heavy atom. The summed E-state index contributed by atoms with van der Waals surface area (Å²) in [6.45, 7) is 3.39. The number of likely N-dealkylation sites (tertiary alicyclic amines) is 1. The maximum Gasteiger partial charge on any atom is 0.309 e. The highest BCUT2D eigenvalue weighted by atomic mass is 16.4. The predicted octanol–water partition coefficient (Wildman–Crippen LogP) is 4.40. The molecule has 8 heteroatoms. The topological polar surface area (TPSA) is 127 Å². The molecule has 2 aliphatic rings. The van der Waals surface area contributed by atoms with Gasteiger partial charge in [0.1, 0.15) is 6.29 Å². The van der Waals surface area contributed by atoms with Crippen LogP contribution in [-0.2, 0) is 16.1 Å². The van der Waals surface area contributed by atoms with Crippen LogP contribution in [0.1, 0.15) is 38.2 Å². The fraction of sp³-hybridized carbons (Fsp3) is 0.205. The summed E-state index contributed by atoms with van der Waals surface area (Å²) < 4.78 is 0. The zero-order valence-electron chi connectivity index (χ0n) is 26.2. The third-order valence-electron chi connectivity index (χ3n) is 7.09. The molecule has 0 radical (unpaired) electrons. The number of benzene rings is 4. The first-order chi connectivity index (χ1) is 22.9. The van der Waals surface area contributed by atoms with Crippen molar-refractivity contribution in [3.8, 4) is 23.7 Å². The van der Waals surface area contributed by atoms with Gasteiger partial charge in [-0.2, -0.15) is 0 Å². The lowest BCUT2D eigenvalue weighted by Gasteiger charge is -2.36. The number of nitrogens with one attached hydrogen (secondary N) is 1. The van der Waals surface area contributed by atoms with Crippen LogP contribution in [-0.4, -0.2) is 71.7 Å². The molecule has 0 amide bonds. The number of aliphatic hydroxyl groups is 1. The van der Waals surface area contributed by atoms with E-state index in [9.17, 15) is 14.4 Å². The second-order valence-electron chi connectivity index (χ2n) is 10.6. The Bertz CT molecular complexity index is 1670. The van der Waals surface area contributed by atoms with Gasteiger partial charge in [-0.15, -0.1) is 0 Å². The molecule has 47 heavy (non-hydrogen) atoms. The molecule has 2 fully saturated rings. The monoisotopic (exact) mass is 630 g/mol. The van der Waals surface area contributed by atoms with E-state index in [1.165, 1.54) is 5.56 Å². The molecule has 2 aliphatic heterocycles. The normalized spacial score (nSPS) is 13.2. The predicted molar refractivity (Wildman–Crippen MR) is 182 cm³/mol. The molecule has 0 aliphatic carbocycles. The van der Waals surface area contributed by atoms with Gasteiger partial charge < -0.3 is 20.6 Å². The van der Waals surface area contributed by atoms with Crippen LogP contribution in [0.4, 0.5) is 0 Å². The van der Waals surface area contributed by atoms with Crippen molar-refractivity contribution in [3.63, 3.8) is 0 Å². The van der Waals surface area contributed by atoms with Crippen molar-refractivity contribution in [1.82, 2.24) is 10.2 Å². The number of nitrogens with zero attached hydrogens (tertiary/aromatic N) is 1. The number of carbonyl (C=O) groups is 3. The molecule has 0 spiro atoms. The summed E-state index contributed by atoms with van der Waals surface area (Å²) in [5.74, 6) is 10.7. The second kappa shape index (κ2) is 19.8. The van der Waals surface area contributed by atoms with E-state index in [0.29, 0.717) is 31.7 Å². The summed E-state index contributed by atoms with van der Waals surface area (Å²) in [6, 6.07) is 35.1. The summed E-state index contributed by atoms with van der Waals surface area (Å²) in [7, 11) is 1.00. The van der Waals surface area contributed by atoms with Gasteiger partial charge in [0, 0.05) is 67.7 Å². The molecule has 240 valence electrons. The summed E-state index contributed by atoms with van der Waals surface area (Å²) >= 11 is 0. The first-order valence-corrected chi connectivity index (χ1v) is 15.0. The number of carboxylic acids is 2. The minimum Gasteiger partial charge on any atom is -0.481 e. The largest absolute Gasteiger partial charge is 0.481 e. The van der Waals surface area contributed by atoms with E-state index in [-0.39, 0.29) is 11.8 Å². The van der Waals surface area contributed by atoms with E-state index in [2.05, 4.69) is 46.0 Å². The van der Waals surface area contributed by atoms with Gasteiger partial charge in [0.2, 0.25) is 0 Å². The van der Waals surface area contributed by atoms with Crippen LogP contribution < -0.4 is 5.32 Å². The van der Waals surface area contributed by atoms with Gasteiger partial charge >= 0.3 is 11.9 Å². The lowest BCUT2D eigenvalue weighted by Crippen LogP contribution is -2.49. The van der Waals surface area contributed by atoms with Crippen LogP contribution in [0.2, 0.25) is 0 Å². The van der Waals surface area contributed by atoms with Crippen molar-refractivity contribution in [3.05, 3.63) is 143 Å². The van der Waals surface area contributed by atoms with E-state index >= 15 is 0 Å². The van der Waals surface area contributed by atoms with E-state index in [1.807, 2.05) is 84.9 Å². The van der Waals surface area contributed by atoms with Crippen molar-refractivity contribution in [2.75, 3.05) is 33.3 Å². The Labute approximate surface area is 275 Å². The lowest BCUT2D eigenvalue weighted by molar-refractivity contribution is -0.148. The smallest absolute Gasteiger partial charge is 0.309 e. The van der Waals surface area contributed by atoms with E-state index in [0.717, 1.165) is 42.2 Å². The number of rotatable bonds is 5. The average molecular weight is 631 g/mol. The standard InChI is InChI=1S/C19H17NO2.C15H10O.C4H7NO2.CH4O/c21-19(22)18-13-20(14-18)12-17-10-8-16(9-11-17)7-6-15-4-2-1-3-5-15;16-12-15-10-8-14(9-11-15)7-6-13-4-2-1-3-5-13;6-4(7)3-1-5-2-3;1-2/h1-5,8-11,18H,12-14H2,(H,21,22);1-5,8-12H;3,5H,1-2H2,(H,6,7);2H,1H3. The van der Waals surface area contributed by atoms with Crippen molar-refractivity contribution in [2.45, 2.75) is 6.54 Å². The van der Waals surface area contributed by atoms with Gasteiger partial charge in [0.25, 0.3) is 0 Å². The highest BCUT2D eigenvalue weighted by Crippen LogP contribution is 2.19. The molecule has 8 nitrogen and oxygen atoms in total. The molecular formula is C39H38N2O6. The molecule has 0 atom stereocenters. The Morgan fingerprint density at radius 1 is 0.660 bits per heavy atom.